The SMILES string of the molecule is C=CC[C@](C)(C(=O)CC)C(=O)N1C(=O)[C@H]2CC[C@]1(C)C2(C)C. The molecule has 0 radical (unpaired) electrons. The number of imide groups is 1. The average molecular weight is 305 g/mol. The Morgan fingerprint density at radius 1 is 1.41 bits per heavy atom. The molecule has 2 aliphatic rings. The zero-order valence-corrected chi connectivity index (χ0v) is 14.4. The number of amides is 2. The Balaban J connectivity index is 2.47. The normalized spacial score (nSPS) is 32.0. The van der Waals surface area contributed by atoms with Crippen molar-refractivity contribution in [2.45, 2.75) is 65.8 Å². The van der Waals surface area contributed by atoms with Crippen LogP contribution >= 0.6 is 0 Å². The molecule has 0 aromatic rings. The van der Waals surface area contributed by atoms with Crippen LogP contribution in [0.2, 0.25) is 0 Å². The van der Waals surface area contributed by atoms with Gasteiger partial charge in [0.1, 0.15) is 11.2 Å². The van der Waals surface area contributed by atoms with Crippen LogP contribution in [0.15, 0.2) is 12.7 Å². The third-order valence-corrected chi connectivity index (χ3v) is 6.36. The summed E-state index contributed by atoms with van der Waals surface area (Å²) in [6.07, 6.45) is 3.78. The topological polar surface area (TPSA) is 54.5 Å². The summed E-state index contributed by atoms with van der Waals surface area (Å²) >= 11 is 0. The second kappa shape index (κ2) is 5.04. The van der Waals surface area contributed by atoms with E-state index in [9.17, 15) is 14.4 Å². The van der Waals surface area contributed by atoms with Gasteiger partial charge in [0, 0.05) is 12.3 Å². The minimum Gasteiger partial charge on any atom is -0.299 e. The third-order valence-electron chi connectivity index (χ3n) is 6.36. The van der Waals surface area contributed by atoms with Gasteiger partial charge in [-0.3, -0.25) is 19.3 Å². The molecule has 2 bridgehead atoms. The molecule has 4 nitrogen and oxygen atoms in total. The van der Waals surface area contributed by atoms with E-state index in [1.165, 1.54) is 4.90 Å². The predicted molar refractivity (Wildman–Crippen MR) is 85.0 cm³/mol. The summed E-state index contributed by atoms with van der Waals surface area (Å²) in [6.45, 7) is 13.2. The fourth-order valence-electron chi connectivity index (χ4n) is 4.29. The number of ketones is 1. The molecule has 0 aromatic carbocycles. The Morgan fingerprint density at radius 2 is 2.00 bits per heavy atom. The summed E-state index contributed by atoms with van der Waals surface area (Å²) in [6, 6.07) is 0. The Labute approximate surface area is 132 Å². The average Bonchev–Trinajstić information content (AvgIpc) is 2.76. The molecule has 0 spiro atoms. The van der Waals surface area contributed by atoms with E-state index in [4.69, 9.17) is 0 Å². The summed E-state index contributed by atoms with van der Waals surface area (Å²) in [4.78, 5) is 39.8. The van der Waals surface area contributed by atoms with Crippen LogP contribution in [0.4, 0.5) is 0 Å². The van der Waals surface area contributed by atoms with Crippen molar-refractivity contribution < 1.29 is 14.4 Å². The molecule has 2 amide bonds. The van der Waals surface area contributed by atoms with Gasteiger partial charge in [0.25, 0.3) is 0 Å². The van der Waals surface area contributed by atoms with Gasteiger partial charge in [0.15, 0.2) is 0 Å². The van der Waals surface area contributed by atoms with Crippen molar-refractivity contribution >= 4 is 17.6 Å². The number of hydrogen-bond acceptors (Lipinski definition) is 3. The van der Waals surface area contributed by atoms with Crippen molar-refractivity contribution in [3.05, 3.63) is 12.7 Å². The molecule has 1 saturated carbocycles. The van der Waals surface area contributed by atoms with Crippen molar-refractivity contribution in [3.63, 3.8) is 0 Å². The smallest absolute Gasteiger partial charge is 0.243 e. The van der Waals surface area contributed by atoms with Crippen molar-refractivity contribution in [2.24, 2.45) is 16.7 Å². The number of rotatable bonds is 5. The zero-order valence-electron chi connectivity index (χ0n) is 14.4. The molecule has 1 saturated heterocycles. The van der Waals surface area contributed by atoms with Gasteiger partial charge < -0.3 is 0 Å². The highest BCUT2D eigenvalue weighted by Crippen LogP contribution is 2.60. The fourth-order valence-corrected chi connectivity index (χ4v) is 4.29. The maximum absolute atomic E-state index is 13.2. The number of nitrogens with zero attached hydrogens (tertiary/aromatic N) is 1. The van der Waals surface area contributed by atoms with E-state index >= 15 is 0 Å². The number of fused-ring (bicyclic) bond motifs is 2. The van der Waals surface area contributed by atoms with Crippen LogP contribution in [0.25, 0.3) is 0 Å². The largest absolute Gasteiger partial charge is 0.299 e. The van der Waals surface area contributed by atoms with E-state index in [1.54, 1.807) is 19.9 Å². The molecule has 4 heteroatoms. The Bertz CT molecular complexity index is 551. The number of allylic oxidation sites excluding steroid dienone is 1. The highest BCUT2D eigenvalue weighted by Gasteiger charge is 2.68. The fraction of sp³-hybridized carbons (Fsp3) is 0.722. The molecule has 0 N–H and O–H groups in total. The molecule has 122 valence electrons. The lowest BCUT2D eigenvalue weighted by Crippen LogP contribution is -2.58. The molecule has 1 heterocycles. The van der Waals surface area contributed by atoms with Gasteiger partial charge in [-0.05, 0) is 38.5 Å². The first kappa shape index (κ1) is 16.9. The highest BCUT2D eigenvalue weighted by atomic mass is 16.2. The molecular weight excluding hydrogens is 278 g/mol. The summed E-state index contributed by atoms with van der Waals surface area (Å²) < 4.78 is 0. The second-order valence-corrected chi connectivity index (χ2v) is 7.67. The van der Waals surface area contributed by atoms with Crippen molar-refractivity contribution in [1.29, 1.82) is 0 Å². The standard InChI is InChI=1S/C18H27NO3/c1-7-10-17(5,13(20)8-2)15(22)19-14(21)12-9-11-18(19,6)16(12,3)4/h7,12H,1,8-11H2,2-6H3/t12-,17-,18-/m1/s1. The Hall–Kier alpha value is -1.45. The number of carbonyl (C=O) groups excluding carboxylic acids is 3. The number of carbonyl (C=O) groups is 3. The number of Topliss-reactive ketones (excluding diaryl/α,β-unsaturated/α-hetero) is 1. The summed E-state index contributed by atoms with van der Waals surface area (Å²) in [5.41, 5.74) is -1.93. The van der Waals surface area contributed by atoms with Gasteiger partial charge in [-0.15, -0.1) is 6.58 Å². The van der Waals surface area contributed by atoms with Crippen LogP contribution in [-0.4, -0.2) is 28.0 Å². The van der Waals surface area contributed by atoms with E-state index in [-0.39, 0.29) is 41.8 Å². The first-order valence-electron chi connectivity index (χ1n) is 8.10. The van der Waals surface area contributed by atoms with Crippen LogP contribution < -0.4 is 0 Å². The number of likely N-dealkylation sites (tertiary alicyclic amines) is 1. The third kappa shape index (κ3) is 1.85. The minimum atomic E-state index is -1.18. The molecule has 1 aliphatic carbocycles. The molecular formula is C18H27NO3. The van der Waals surface area contributed by atoms with Gasteiger partial charge >= 0.3 is 0 Å². The predicted octanol–water partition coefficient (Wildman–Crippen LogP) is 3.11. The maximum Gasteiger partial charge on any atom is 0.243 e. The van der Waals surface area contributed by atoms with Crippen LogP contribution in [0.3, 0.4) is 0 Å². The lowest BCUT2D eigenvalue weighted by atomic mass is 9.73. The highest BCUT2D eigenvalue weighted by molar-refractivity contribution is 6.12. The quantitative estimate of drug-likeness (QED) is 0.579. The molecule has 2 fully saturated rings. The molecule has 22 heavy (non-hydrogen) atoms. The van der Waals surface area contributed by atoms with Gasteiger partial charge in [-0.1, -0.05) is 26.8 Å². The van der Waals surface area contributed by atoms with Crippen molar-refractivity contribution in [2.75, 3.05) is 0 Å². The lowest BCUT2D eigenvalue weighted by Gasteiger charge is -2.43. The molecule has 0 aromatic heterocycles. The summed E-state index contributed by atoms with van der Waals surface area (Å²) in [5.74, 6) is -0.703. The minimum absolute atomic E-state index is 0.108. The van der Waals surface area contributed by atoms with E-state index in [2.05, 4.69) is 20.4 Å². The van der Waals surface area contributed by atoms with Gasteiger partial charge in [-0.2, -0.15) is 0 Å². The Morgan fingerprint density at radius 3 is 2.41 bits per heavy atom. The van der Waals surface area contributed by atoms with Gasteiger partial charge in [0.2, 0.25) is 11.8 Å². The first-order chi connectivity index (χ1) is 10.1. The molecule has 0 unspecified atom stereocenters. The van der Waals surface area contributed by atoms with E-state index in [0.717, 1.165) is 12.8 Å². The molecule has 1 aliphatic heterocycles. The maximum atomic E-state index is 13.2. The van der Waals surface area contributed by atoms with E-state index in [0.29, 0.717) is 0 Å². The van der Waals surface area contributed by atoms with Crippen LogP contribution in [0.1, 0.15) is 60.3 Å². The second-order valence-electron chi connectivity index (χ2n) is 7.67. The van der Waals surface area contributed by atoms with E-state index in [1.807, 2.05) is 6.92 Å². The first-order valence-corrected chi connectivity index (χ1v) is 8.10. The monoisotopic (exact) mass is 305 g/mol. The van der Waals surface area contributed by atoms with E-state index < -0.39 is 11.0 Å². The number of piperidine rings is 1. The molecule has 2 rings (SSSR count). The summed E-state index contributed by atoms with van der Waals surface area (Å²) in [7, 11) is 0. The van der Waals surface area contributed by atoms with Gasteiger partial charge in [0.05, 0.1) is 5.54 Å². The molecule has 3 atom stereocenters. The van der Waals surface area contributed by atoms with Crippen LogP contribution in [-0.2, 0) is 14.4 Å². The Kier molecular flexibility index (Phi) is 3.87. The van der Waals surface area contributed by atoms with Crippen molar-refractivity contribution in [1.82, 2.24) is 4.90 Å². The van der Waals surface area contributed by atoms with Crippen molar-refractivity contribution in [3.8, 4) is 0 Å². The van der Waals surface area contributed by atoms with Crippen LogP contribution in [0.5, 0.6) is 0 Å². The lowest BCUT2D eigenvalue weighted by molar-refractivity contribution is -0.160. The van der Waals surface area contributed by atoms with Gasteiger partial charge in [-0.25, -0.2) is 0 Å². The summed E-state index contributed by atoms with van der Waals surface area (Å²) in [5, 5.41) is 0. The number of hydrogen-bond donors (Lipinski definition) is 0. The van der Waals surface area contributed by atoms with Crippen LogP contribution in [0, 0.1) is 16.7 Å². The zero-order chi connectivity index (χ0) is 16.9.